The first-order valence-electron chi connectivity index (χ1n) is 7.62. The molecule has 0 aromatic carbocycles. The summed E-state index contributed by atoms with van der Waals surface area (Å²) in [5.74, 6) is -3.68. The smallest absolute Gasteiger partial charge is 0.267 e. The molecule has 0 aliphatic heterocycles. The average molecular weight is 312 g/mol. The Hall–Kier alpha value is -0.230. The van der Waals surface area contributed by atoms with Crippen LogP contribution in [-0.4, -0.2) is 26.7 Å². The molecule has 0 bridgehead atoms. The first-order chi connectivity index (χ1) is 9.37. The zero-order valence-corrected chi connectivity index (χ0v) is 13.1. The minimum atomic E-state index is -3.62. The summed E-state index contributed by atoms with van der Waals surface area (Å²) in [6.45, 7) is 1.80. The van der Waals surface area contributed by atoms with Crippen molar-refractivity contribution in [3.63, 3.8) is 0 Å². The van der Waals surface area contributed by atoms with E-state index in [9.17, 15) is 17.2 Å². The van der Waals surface area contributed by atoms with Gasteiger partial charge in [0.2, 0.25) is 0 Å². The van der Waals surface area contributed by atoms with Crippen LogP contribution in [0.5, 0.6) is 0 Å². The summed E-state index contributed by atoms with van der Waals surface area (Å²) in [5.41, 5.74) is 0. The first kappa shape index (κ1) is 17.8. The lowest BCUT2D eigenvalue weighted by molar-refractivity contribution is 0.0866. The summed E-state index contributed by atoms with van der Waals surface area (Å²) in [7, 11) is -3.62. The third-order valence-corrected chi connectivity index (χ3v) is 4.94. The van der Waals surface area contributed by atoms with Crippen LogP contribution in [0, 0.1) is 5.92 Å². The van der Waals surface area contributed by atoms with Crippen molar-refractivity contribution < 1.29 is 21.4 Å². The van der Waals surface area contributed by atoms with E-state index in [1.54, 1.807) is 0 Å². The SMILES string of the molecule is CCCCCCCCCCS(=O)(=O)OCC1CC1(F)F. The Bertz CT molecular complexity index is 369. The highest BCUT2D eigenvalue weighted by Gasteiger charge is 2.57. The molecule has 1 aliphatic rings. The van der Waals surface area contributed by atoms with Crippen LogP contribution < -0.4 is 0 Å². The number of hydrogen-bond donors (Lipinski definition) is 0. The van der Waals surface area contributed by atoms with Crippen LogP contribution in [-0.2, 0) is 14.3 Å². The molecule has 0 N–H and O–H groups in total. The Morgan fingerprint density at radius 1 is 1.05 bits per heavy atom. The van der Waals surface area contributed by atoms with Crippen LogP contribution in [0.25, 0.3) is 0 Å². The molecule has 0 aromatic heterocycles. The second kappa shape index (κ2) is 8.27. The molecule has 6 heteroatoms. The van der Waals surface area contributed by atoms with Crippen molar-refractivity contribution in [2.24, 2.45) is 5.92 Å². The zero-order chi connectivity index (χ0) is 15.1. The van der Waals surface area contributed by atoms with E-state index in [2.05, 4.69) is 11.1 Å². The third-order valence-electron chi connectivity index (χ3n) is 3.65. The number of alkyl halides is 2. The molecule has 20 heavy (non-hydrogen) atoms. The summed E-state index contributed by atoms with van der Waals surface area (Å²) in [6.07, 6.45) is 8.24. The molecular weight excluding hydrogens is 286 g/mol. The lowest BCUT2D eigenvalue weighted by atomic mass is 10.1. The fraction of sp³-hybridized carbons (Fsp3) is 1.00. The van der Waals surface area contributed by atoms with Gasteiger partial charge in [0.05, 0.1) is 18.3 Å². The molecule has 0 amide bonds. The number of halogens is 2. The Morgan fingerprint density at radius 2 is 1.55 bits per heavy atom. The number of unbranched alkanes of at least 4 members (excludes halogenated alkanes) is 7. The lowest BCUT2D eigenvalue weighted by Crippen LogP contribution is -2.14. The minimum absolute atomic E-state index is 0.0553. The van der Waals surface area contributed by atoms with Crippen molar-refractivity contribution in [3.8, 4) is 0 Å². The highest BCUT2D eigenvalue weighted by Crippen LogP contribution is 2.48. The fourth-order valence-corrected chi connectivity index (χ4v) is 3.16. The molecule has 120 valence electrons. The molecule has 1 rings (SSSR count). The molecule has 1 unspecified atom stereocenters. The quantitative estimate of drug-likeness (QED) is 0.402. The van der Waals surface area contributed by atoms with Crippen molar-refractivity contribution in [1.82, 2.24) is 0 Å². The Balaban J connectivity index is 1.97. The highest BCUT2D eigenvalue weighted by atomic mass is 32.2. The maximum Gasteiger partial charge on any atom is 0.267 e. The predicted octanol–water partition coefficient (Wildman–Crippen LogP) is 4.13. The van der Waals surface area contributed by atoms with Crippen LogP contribution >= 0.6 is 0 Å². The van der Waals surface area contributed by atoms with Gasteiger partial charge >= 0.3 is 0 Å². The van der Waals surface area contributed by atoms with Gasteiger partial charge in [0.1, 0.15) is 0 Å². The average Bonchev–Trinajstić information content (AvgIpc) is 2.98. The first-order valence-corrected chi connectivity index (χ1v) is 9.20. The van der Waals surface area contributed by atoms with Gasteiger partial charge in [0, 0.05) is 6.42 Å². The van der Waals surface area contributed by atoms with Gasteiger partial charge in [0.25, 0.3) is 16.0 Å². The van der Waals surface area contributed by atoms with Gasteiger partial charge in [-0.15, -0.1) is 0 Å². The Morgan fingerprint density at radius 3 is 2.05 bits per heavy atom. The van der Waals surface area contributed by atoms with E-state index in [1.807, 2.05) is 0 Å². The normalized spacial score (nSPS) is 21.1. The standard InChI is InChI=1S/C14H26F2O3S/c1-2-3-4-5-6-7-8-9-10-20(17,18)19-12-13-11-14(13,15)16/h13H,2-12H2,1H3. The number of rotatable bonds is 12. The van der Waals surface area contributed by atoms with E-state index < -0.39 is 22.0 Å². The molecule has 0 spiro atoms. The molecule has 0 saturated heterocycles. The monoisotopic (exact) mass is 312 g/mol. The molecule has 1 fully saturated rings. The maximum atomic E-state index is 12.6. The molecule has 0 radical (unpaired) electrons. The molecule has 3 nitrogen and oxygen atoms in total. The number of hydrogen-bond acceptors (Lipinski definition) is 3. The van der Waals surface area contributed by atoms with Crippen molar-refractivity contribution in [3.05, 3.63) is 0 Å². The molecule has 1 saturated carbocycles. The van der Waals surface area contributed by atoms with Crippen molar-refractivity contribution >= 4 is 10.1 Å². The molecule has 1 atom stereocenters. The molecular formula is C14H26F2O3S. The summed E-state index contributed by atoms with van der Waals surface area (Å²) in [5, 5.41) is 0. The van der Waals surface area contributed by atoms with E-state index in [1.165, 1.54) is 25.7 Å². The van der Waals surface area contributed by atoms with E-state index in [-0.39, 0.29) is 18.8 Å². The van der Waals surface area contributed by atoms with Crippen LogP contribution in [0.2, 0.25) is 0 Å². The van der Waals surface area contributed by atoms with Gasteiger partial charge in [-0.3, -0.25) is 4.18 Å². The van der Waals surface area contributed by atoms with Gasteiger partial charge in [-0.05, 0) is 6.42 Å². The van der Waals surface area contributed by atoms with Gasteiger partial charge in [-0.1, -0.05) is 51.9 Å². The fourth-order valence-electron chi connectivity index (χ4n) is 2.11. The van der Waals surface area contributed by atoms with E-state index in [0.29, 0.717) is 6.42 Å². The van der Waals surface area contributed by atoms with Crippen LogP contribution in [0.15, 0.2) is 0 Å². The topological polar surface area (TPSA) is 43.4 Å². The minimum Gasteiger partial charge on any atom is -0.270 e. The largest absolute Gasteiger partial charge is 0.270 e. The Kier molecular flexibility index (Phi) is 7.37. The van der Waals surface area contributed by atoms with Crippen LogP contribution in [0.3, 0.4) is 0 Å². The van der Waals surface area contributed by atoms with Gasteiger partial charge in [0.15, 0.2) is 0 Å². The second-order valence-electron chi connectivity index (χ2n) is 5.68. The highest BCUT2D eigenvalue weighted by molar-refractivity contribution is 7.86. The lowest BCUT2D eigenvalue weighted by Gasteiger charge is -2.05. The van der Waals surface area contributed by atoms with Gasteiger partial charge in [-0.25, -0.2) is 8.78 Å². The third kappa shape index (κ3) is 7.53. The van der Waals surface area contributed by atoms with Gasteiger partial charge in [-0.2, -0.15) is 8.42 Å². The zero-order valence-electron chi connectivity index (χ0n) is 12.2. The summed E-state index contributed by atoms with van der Waals surface area (Å²) < 4.78 is 52.8. The molecule has 0 aromatic rings. The Labute approximate surface area is 121 Å². The van der Waals surface area contributed by atoms with Gasteiger partial charge < -0.3 is 0 Å². The summed E-state index contributed by atoms with van der Waals surface area (Å²) in [6, 6.07) is 0. The van der Waals surface area contributed by atoms with Crippen molar-refractivity contribution in [1.29, 1.82) is 0 Å². The van der Waals surface area contributed by atoms with Crippen LogP contribution in [0.1, 0.15) is 64.7 Å². The molecule has 1 aliphatic carbocycles. The van der Waals surface area contributed by atoms with Crippen molar-refractivity contribution in [2.45, 2.75) is 70.6 Å². The summed E-state index contributed by atoms with van der Waals surface area (Å²) in [4.78, 5) is 0. The van der Waals surface area contributed by atoms with Crippen molar-refractivity contribution in [2.75, 3.05) is 12.4 Å². The van der Waals surface area contributed by atoms with E-state index >= 15 is 0 Å². The van der Waals surface area contributed by atoms with E-state index in [4.69, 9.17) is 0 Å². The summed E-state index contributed by atoms with van der Waals surface area (Å²) >= 11 is 0. The van der Waals surface area contributed by atoms with Crippen LogP contribution in [0.4, 0.5) is 8.78 Å². The molecule has 0 heterocycles. The van der Waals surface area contributed by atoms with E-state index in [0.717, 1.165) is 19.3 Å². The maximum absolute atomic E-state index is 12.6. The predicted molar refractivity (Wildman–Crippen MR) is 75.4 cm³/mol. The second-order valence-corrected chi connectivity index (χ2v) is 7.44.